The van der Waals surface area contributed by atoms with Gasteiger partial charge in [-0.3, -0.25) is 9.59 Å². The summed E-state index contributed by atoms with van der Waals surface area (Å²) in [5.74, 6) is -0.383. The molecule has 27 heavy (non-hydrogen) atoms. The Morgan fingerprint density at radius 2 is 1.67 bits per heavy atom. The van der Waals surface area contributed by atoms with E-state index >= 15 is 0 Å². The Morgan fingerprint density at radius 1 is 0.889 bits per heavy atom. The van der Waals surface area contributed by atoms with Gasteiger partial charge in [-0.15, -0.1) is 0 Å². The molecule has 3 aromatic carbocycles. The van der Waals surface area contributed by atoms with E-state index in [0.717, 1.165) is 12.1 Å². The highest BCUT2D eigenvalue weighted by Gasteiger charge is 2.25. The van der Waals surface area contributed by atoms with Crippen molar-refractivity contribution in [3.63, 3.8) is 0 Å². The largest absolute Gasteiger partial charge is 0.322 e. The summed E-state index contributed by atoms with van der Waals surface area (Å²) in [7, 11) is 0. The van der Waals surface area contributed by atoms with Crippen molar-refractivity contribution in [2.45, 2.75) is 6.42 Å². The van der Waals surface area contributed by atoms with Gasteiger partial charge in [-0.1, -0.05) is 41.9 Å². The number of nitrogens with zero attached hydrogens (tertiary/aromatic N) is 1. The van der Waals surface area contributed by atoms with E-state index in [2.05, 4.69) is 5.32 Å². The number of para-hydroxylation sites is 1. The summed E-state index contributed by atoms with van der Waals surface area (Å²) < 4.78 is 0. The van der Waals surface area contributed by atoms with E-state index in [1.165, 1.54) is 5.56 Å². The predicted octanol–water partition coefficient (Wildman–Crippen LogP) is 4.80. The van der Waals surface area contributed by atoms with E-state index in [0.29, 0.717) is 28.4 Å². The van der Waals surface area contributed by atoms with E-state index in [1.54, 1.807) is 53.4 Å². The van der Waals surface area contributed by atoms with Gasteiger partial charge in [0.2, 0.25) is 0 Å². The second-order valence-electron chi connectivity index (χ2n) is 6.38. The molecule has 2 amide bonds. The Kier molecular flexibility index (Phi) is 4.65. The number of benzene rings is 3. The van der Waals surface area contributed by atoms with Crippen LogP contribution in [0.1, 0.15) is 26.3 Å². The van der Waals surface area contributed by atoms with Crippen LogP contribution in [0.3, 0.4) is 0 Å². The van der Waals surface area contributed by atoms with Gasteiger partial charge in [0.1, 0.15) is 0 Å². The molecule has 0 radical (unpaired) electrons. The summed E-state index contributed by atoms with van der Waals surface area (Å²) in [5, 5.41) is 3.35. The summed E-state index contributed by atoms with van der Waals surface area (Å²) in [6.07, 6.45) is 0.844. The fraction of sp³-hybridized carbons (Fsp3) is 0.0909. The highest BCUT2D eigenvalue weighted by molar-refractivity contribution is 6.31. The zero-order valence-corrected chi connectivity index (χ0v) is 15.2. The molecule has 4 nitrogen and oxygen atoms in total. The maximum absolute atomic E-state index is 13.0. The molecule has 0 atom stereocenters. The van der Waals surface area contributed by atoms with Crippen LogP contribution in [0.5, 0.6) is 0 Å². The fourth-order valence-electron chi connectivity index (χ4n) is 3.27. The SMILES string of the molecule is O=C(Nc1cccc(Cl)c1)c1cccc(C(=O)N2CCc3ccccc32)c1. The Bertz CT molecular complexity index is 1030. The molecule has 0 aliphatic carbocycles. The smallest absolute Gasteiger partial charge is 0.258 e. The number of nitrogens with one attached hydrogen (secondary N) is 1. The summed E-state index contributed by atoms with van der Waals surface area (Å²) in [6, 6.07) is 21.6. The van der Waals surface area contributed by atoms with Crippen molar-refractivity contribution in [1.29, 1.82) is 0 Å². The van der Waals surface area contributed by atoms with Gasteiger partial charge >= 0.3 is 0 Å². The van der Waals surface area contributed by atoms with E-state index in [4.69, 9.17) is 11.6 Å². The van der Waals surface area contributed by atoms with Gasteiger partial charge in [-0.05, 0) is 54.4 Å². The third kappa shape index (κ3) is 3.57. The predicted molar refractivity (Wildman–Crippen MR) is 108 cm³/mol. The Labute approximate surface area is 162 Å². The molecule has 1 N–H and O–H groups in total. The summed E-state index contributed by atoms with van der Waals surface area (Å²) in [5.41, 5.74) is 3.63. The van der Waals surface area contributed by atoms with Crippen LogP contribution in [0.4, 0.5) is 11.4 Å². The van der Waals surface area contributed by atoms with Gasteiger partial charge in [0.15, 0.2) is 0 Å². The monoisotopic (exact) mass is 376 g/mol. The zero-order chi connectivity index (χ0) is 18.8. The molecule has 0 saturated heterocycles. The second-order valence-corrected chi connectivity index (χ2v) is 6.82. The first kappa shape index (κ1) is 17.3. The third-order valence-corrected chi connectivity index (χ3v) is 4.82. The highest BCUT2D eigenvalue weighted by Crippen LogP contribution is 2.29. The number of amides is 2. The molecule has 0 spiro atoms. The van der Waals surface area contributed by atoms with Gasteiger partial charge in [0.25, 0.3) is 11.8 Å². The quantitative estimate of drug-likeness (QED) is 0.714. The van der Waals surface area contributed by atoms with E-state index < -0.39 is 0 Å². The molecule has 1 aliphatic heterocycles. The summed E-state index contributed by atoms with van der Waals surface area (Å²) in [6.45, 7) is 0.650. The average molecular weight is 377 g/mol. The molecule has 0 unspecified atom stereocenters. The average Bonchev–Trinajstić information content (AvgIpc) is 3.11. The highest BCUT2D eigenvalue weighted by atomic mass is 35.5. The van der Waals surface area contributed by atoms with Crippen molar-refractivity contribution >= 4 is 34.8 Å². The van der Waals surface area contributed by atoms with E-state index in [9.17, 15) is 9.59 Å². The van der Waals surface area contributed by atoms with E-state index in [-0.39, 0.29) is 11.8 Å². The summed E-state index contributed by atoms with van der Waals surface area (Å²) >= 11 is 5.95. The zero-order valence-electron chi connectivity index (χ0n) is 14.5. The van der Waals surface area contributed by atoms with Gasteiger partial charge in [-0.25, -0.2) is 0 Å². The molecule has 1 heterocycles. The molecule has 0 saturated carbocycles. The number of carbonyl (C=O) groups is 2. The number of anilines is 2. The minimum absolute atomic E-state index is 0.0997. The molecular formula is C22H17ClN2O2. The lowest BCUT2D eigenvalue weighted by Gasteiger charge is -2.17. The van der Waals surface area contributed by atoms with Gasteiger partial charge < -0.3 is 10.2 Å². The van der Waals surface area contributed by atoms with Crippen LogP contribution in [-0.4, -0.2) is 18.4 Å². The lowest BCUT2D eigenvalue weighted by Crippen LogP contribution is -2.29. The standard InChI is InChI=1S/C22H17ClN2O2/c23-18-8-4-9-19(14-18)24-21(26)16-6-3-7-17(13-16)22(27)25-12-11-15-5-1-2-10-20(15)25/h1-10,13-14H,11-12H2,(H,24,26). The first-order valence-corrected chi connectivity index (χ1v) is 9.06. The first-order valence-electron chi connectivity index (χ1n) is 8.68. The molecule has 134 valence electrons. The van der Waals surface area contributed by atoms with Gasteiger partial charge in [0, 0.05) is 34.1 Å². The van der Waals surface area contributed by atoms with Crippen LogP contribution in [0.2, 0.25) is 5.02 Å². The maximum Gasteiger partial charge on any atom is 0.258 e. The van der Waals surface area contributed by atoms with Crippen LogP contribution < -0.4 is 10.2 Å². The van der Waals surface area contributed by atoms with Crippen molar-refractivity contribution in [3.8, 4) is 0 Å². The molecule has 4 rings (SSSR count). The van der Waals surface area contributed by atoms with Crippen molar-refractivity contribution < 1.29 is 9.59 Å². The number of hydrogen-bond donors (Lipinski definition) is 1. The topological polar surface area (TPSA) is 49.4 Å². The Hall–Kier alpha value is -3.11. The molecule has 5 heteroatoms. The molecule has 0 aromatic heterocycles. The molecular weight excluding hydrogens is 360 g/mol. The van der Waals surface area contributed by atoms with Crippen molar-refractivity contribution in [3.05, 3.63) is 94.5 Å². The van der Waals surface area contributed by atoms with Gasteiger partial charge in [-0.2, -0.15) is 0 Å². The van der Waals surface area contributed by atoms with Crippen LogP contribution in [0.25, 0.3) is 0 Å². The van der Waals surface area contributed by atoms with Gasteiger partial charge in [0.05, 0.1) is 0 Å². The Morgan fingerprint density at radius 3 is 2.52 bits per heavy atom. The number of halogens is 1. The maximum atomic E-state index is 13.0. The lowest BCUT2D eigenvalue weighted by molar-refractivity contribution is 0.0989. The lowest BCUT2D eigenvalue weighted by atomic mass is 10.1. The number of hydrogen-bond acceptors (Lipinski definition) is 2. The second kappa shape index (κ2) is 7.25. The van der Waals surface area contributed by atoms with E-state index in [1.807, 2.05) is 24.3 Å². The minimum atomic E-state index is -0.284. The fourth-order valence-corrected chi connectivity index (χ4v) is 3.46. The van der Waals surface area contributed by atoms with Crippen LogP contribution in [0, 0.1) is 0 Å². The van der Waals surface area contributed by atoms with Crippen molar-refractivity contribution in [2.24, 2.45) is 0 Å². The first-order chi connectivity index (χ1) is 13.1. The van der Waals surface area contributed by atoms with Crippen LogP contribution in [-0.2, 0) is 6.42 Å². The molecule has 0 fully saturated rings. The van der Waals surface area contributed by atoms with Crippen molar-refractivity contribution in [1.82, 2.24) is 0 Å². The third-order valence-electron chi connectivity index (χ3n) is 4.59. The number of rotatable bonds is 3. The van der Waals surface area contributed by atoms with Crippen LogP contribution in [0.15, 0.2) is 72.8 Å². The number of carbonyl (C=O) groups excluding carboxylic acids is 2. The van der Waals surface area contributed by atoms with Crippen molar-refractivity contribution in [2.75, 3.05) is 16.8 Å². The molecule has 1 aliphatic rings. The molecule has 0 bridgehead atoms. The minimum Gasteiger partial charge on any atom is -0.322 e. The number of fused-ring (bicyclic) bond motifs is 1. The summed E-state index contributed by atoms with van der Waals surface area (Å²) in [4.78, 5) is 27.3. The molecule has 3 aromatic rings. The Balaban J connectivity index is 1.56. The van der Waals surface area contributed by atoms with Crippen LogP contribution >= 0.6 is 11.6 Å². The normalized spacial score (nSPS) is 12.6.